The average Bonchev–Trinajstić information content (AvgIpc) is 2.47. The van der Waals surface area contributed by atoms with Crippen LogP contribution in [0.1, 0.15) is 28.4 Å². The molecule has 0 fully saturated rings. The van der Waals surface area contributed by atoms with Gasteiger partial charge in [-0.05, 0) is 35.7 Å². The summed E-state index contributed by atoms with van der Waals surface area (Å²) in [6.07, 6.45) is 0.976. The van der Waals surface area contributed by atoms with Gasteiger partial charge in [0.2, 0.25) is 0 Å². The highest BCUT2D eigenvalue weighted by Crippen LogP contribution is 2.21. The van der Waals surface area contributed by atoms with E-state index in [1.165, 1.54) is 23.8 Å². The highest BCUT2D eigenvalue weighted by atomic mass is 16.3. The average molecular weight is 271 g/mol. The maximum atomic E-state index is 11.9. The van der Waals surface area contributed by atoms with E-state index in [1.54, 1.807) is 0 Å². The van der Waals surface area contributed by atoms with Crippen molar-refractivity contribution in [3.8, 4) is 11.5 Å². The fourth-order valence-electron chi connectivity index (χ4n) is 1.88. The number of amides is 1. The third-order valence-corrected chi connectivity index (χ3v) is 3.11. The van der Waals surface area contributed by atoms with Crippen molar-refractivity contribution in [3.63, 3.8) is 0 Å². The number of benzene rings is 2. The third-order valence-electron chi connectivity index (χ3n) is 3.11. The van der Waals surface area contributed by atoms with Crippen LogP contribution in [0.15, 0.2) is 42.5 Å². The van der Waals surface area contributed by atoms with Crippen molar-refractivity contribution in [2.75, 3.05) is 0 Å². The SMILES string of the molecule is CCc1ccc(CNC(=O)c2cc(O)ccc2O)cc1. The summed E-state index contributed by atoms with van der Waals surface area (Å²) in [6, 6.07) is 11.8. The molecule has 0 spiro atoms. The van der Waals surface area contributed by atoms with Crippen LogP contribution in [0.2, 0.25) is 0 Å². The van der Waals surface area contributed by atoms with Gasteiger partial charge in [0.1, 0.15) is 11.5 Å². The van der Waals surface area contributed by atoms with Crippen LogP contribution in [0.25, 0.3) is 0 Å². The molecule has 1 amide bonds. The van der Waals surface area contributed by atoms with E-state index in [9.17, 15) is 15.0 Å². The molecule has 0 saturated carbocycles. The lowest BCUT2D eigenvalue weighted by atomic mass is 10.1. The number of hydrogen-bond acceptors (Lipinski definition) is 3. The normalized spacial score (nSPS) is 10.2. The molecule has 2 rings (SSSR count). The molecule has 4 heteroatoms. The van der Waals surface area contributed by atoms with Crippen LogP contribution in [0.5, 0.6) is 11.5 Å². The van der Waals surface area contributed by atoms with Crippen molar-refractivity contribution in [2.45, 2.75) is 19.9 Å². The highest BCUT2D eigenvalue weighted by Gasteiger charge is 2.11. The van der Waals surface area contributed by atoms with Gasteiger partial charge in [-0.3, -0.25) is 4.79 Å². The van der Waals surface area contributed by atoms with Gasteiger partial charge in [0, 0.05) is 6.54 Å². The Morgan fingerprint density at radius 2 is 1.70 bits per heavy atom. The van der Waals surface area contributed by atoms with Crippen LogP contribution in [0.3, 0.4) is 0 Å². The Morgan fingerprint density at radius 3 is 2.35 bits per heavy atom. The second-order valence-corrected chi connectivity index (χ2v) is 4.55. The van der Waals surface area contributed by atoms with Gasteiger partial charge in [0.15, 0.2) is 0 Å². The second-order valence-electron chi connectivity index (χ2n) is 4.55. The Bertz CT molecular complexity index is 606. The summed E-state index contributed by atoms with van der Waals surface area (Å²) >= 11 is 0. The number of hydrogen-bond donors (Lipinski definition) is 3. The Morgan fingerprint density at radius 1 is 1.05 bits per heavy atom. The summed E-state index contributed by atoms with van der Waals surface area (Å²) in [6.45, 7) is 2.46. The molecule has 0 aromatic heterocycles. The summed E-state index contributed by atoms with van der Waals surface area (Å²) < 4.78 is 0. The van der Waals surface area contributed by atoms with Gasteiger partial charge in [-0.1, -0.05) is 31.2 Å². The second kappa shape index (κ2) is 6.10. The highest BCUT2D eigenvalue weighted by molar-refractivity contribution is 5.97. The predicted octanol–water partition coefficient (Wildman–Crippen LogP) is 2.59. The first kappa shape index (κ1) is 13.9. The maximum absolute atomic E-state index is 11.9. The van der Waals surface area contributed by atoms with Crippen molar-refractivity contribution < 1.29 is 15.0 Å². The molecule has 2 aromatic carbocycles. The topological polar surface area (TPSA) is 69.6 Å². The van der Waals surface area contributed by atoms with E-state index in [4.69, 9.17) is 0 Å². The number of carbonyl (C=O) groups is 1. The standard InChI is InChI=1S/C16H17NO3/c1-2-11-3-5-12(6-4-11)10-17-16(20)14-9-13(18)7-8-15(14)19/h3-9,18-19H,2,10H2,1H3,(H,17,20). The van der Waals surface area contributed by atoms with E-state index < -0.39 is 5.91 Å². The van der Waals surface area contributed by atoms with E-state index in [1.807, 2.05) is 24.3 Å². The molecule has 0 radical (unpaired) electrons. The van der Waals surface area contributed by atoms with E-state index in [2.05, 4.69) is 12.2 Å². The van der Waals surface area contributed by atoms with Gasteiger partial charge < -0.3 is 15.5 Å². The molecule has 0 bridgehead atoms. The largest absolute Gasteiger partial charge is 0.508 e. The molecular formula is C16H17NO3. The van der Waals surface area contributed by atoms with E-state index in [-0.39, 0.29) is 17.1 Å². The minimum Gasteiger partial charge on any atom is -0.508 e. The summed E-state index contributed by atoms with van der Waals surface area (Å²) in [4.78, 5) is 11.9. The van der Waals surface area contributed by atoms with Crippen LogP contribution >= 0.6 is 0 Å². The predicted molar refractivity (Wildman–Crippen MR) is 76.8 cm³/mol. The zero-order valence-electron chi connectivity index (χ0n) is 11.3. The fraction of sp³-hybridized carbons (Fsp3) is 0.188. The van der Waals surface area contributed by atoms with Crippen LogP contribution in [-0.4, -0.2) is 16.1 Å². The van der Waals surface area contributed by atoms with Crippen molar-refractivity contribution >= 4 is 5.91 Å². The quantitative estimate of drug-likeness (QED) is 0.749. The first-order valence-corrected chi connectivity index (χ1v) is 6.48. The maximum Gasteiger partial charge on any atom is 0.255 e. The smallest absolute Gasteiger partial charge is 0.255 e. The van der Waals surface area contributed by atoms with E-state index in [0.717, 1.165) is 12.0 Å². The summed E-state index contributed by atoms with van der Waals surface area (Å²) in [7, 11) is 0. The Kier molecular flexibility index (Phi) is 4.25. The molecule has 0 aliphatic heterocycles. The molecule has 0 aliphatic carbocycles. The van der Waals surface area contributed by atoms with Crippen molar-refractivity contribution in [3.05, 3.63) is 59.2 Å². The van der Waals surface area contributed by atoms with Gasteiger partial charge in [-0.25, -0.2) is 0 Å². The molecule has 4 nitrogen and oxygen atoms in total. The molecule has 104 valence electrons. The van der Waals surface area contributed by atoms with E-state index in [0.29, 0.717) is 6.54 Å². The molecule has 20 heavy (non-hydrogen) atoms. The summed E-state index contributed by atoms with van der Waals surface area (Å²) in [5.41, 5.74) is 2.29. The number of aromatic hydroxyl groups is 2. The number of phenols is 2. The lowest BCUT2D eigenvalue weighted by Crippen LogP contribution is -2.22. The Labute approximate surface area is 117 Å². The Hall–Kier alpha value is -2.49. The number of phenolic OH excluding ortho intramolecular Hbond substituents is 2. The minimum absolute atomic E-state index is 0.0553. The number of carbonyl (C=O) groups excluding carboxylic acids is 1. The van der Waals surface area contributed by atoms with Crippen molar-refractivity contribution in [2.24, 2.45) is 0 Å². The van der Waals surface area contributed by atoms with Crippen LogP contribution in [0, 0.1) is 0 Å². The molecule has 0 aliphatic rings. The van der Waals surface area contributed by atoms with Gasteiger partial charge in [0.25, 0.3) is 5.91 Å². The van der Waals surface area contributed by atoms with Gasteiger partial charge in [0.05, 0.1) is 5.56 Å². The molecule has 0 heterocycles. The number of rotatable bonds is 4. The molecule has 0 atom stereocenters. The monoisotopic (exact) mass is 271 g/mol. The van der Waals surface area contributed by atoms with Crippen molar-refractivity contribution in [1.29, 1.82) is 0 Å². The summed E-state index contributed by atoms with van der Waals surface area (Å²) in [5, 5.41) is 21.6. The van der Waals surface area contributed by atoms with Gasteiger partial charge in [-0.15, -0.1) is 0 Å². The van der Waals surface area contributed by atoms with Gasteiger partial charge >= 0.3 is 0 Å². The Balaban J connectivity index is 2.02. The van der Waals surface area contributed by atoms with Crippen LogP contribution < -0.4 is 5.32 Å². The lowest BCUT2D eigenvalue weighted by Gasteiger charge is -2.08. The molecule has 3 N–H and O–H groups in total. The zero-order valence-corrected chi connectivity index (χ0v) is 11.3. The minimum atomic E-state index is -0.419. The summed E-state index contributed by atoms with van der Waals surface area (Å²) in [5.74, 6) is -0.625. The van der Waals surface area contributed by atoms with Crippen LogP contribution in [-0.2, 0) is 13.0 Å². The third kappa shape index (κ3) is 3.29. The fourth-order valence-corrected chi connectivity index (χ4v) is 1.88. The molecule has 0 saturated heterocycles. The zero-order chi connectivity index (χ0) is 14.5. The number of aryl methyl sites for hydroxylation is 1. The van der Waals surface area contributed by atoms with Crippen molar-refractivity contribution in [1.82, 2.24) is 5.32 Å². The first-order valence-electron chi connectivity index (χ1n) is 6.48. The molecule has 2 aromatic rings. The van der Waals surface area contributed by atoms with Gasteiger partial charge in [-0.2, -0.15) is 0 Å². The van der Waals surface area contributed by atoms with E-state index >= 15 is 0 Å². The molecular weight excluding hydrogens is 254 g/mol. The van der Waals surface area contributed by atoms with Crippen LogP contribution in [0.4, 0.5) is 0 Å². The first-order chi connectivity index (χ1) is 9.60. The lowest BCUT2D eigenvalue weighted by molar-refractivity contribution is 0.0948. The molecule has 0 unspecified atom stereocenters. The number of nitrogens with one attached hydrogen (secondary N) is 1.